The normalized spacial score (nSPS) is 10.4. The minimum Gasteiger partial charge on any atom is -0.370 e. The number of carbonyl (C=O) groups is 1. The smallest absolute Gasteiger partial charge is 0.160 e. The molecule has 20 heavy (non-hydrogen) atoms. The molecule has 0 radical (unpaired) electrons. The van der Waals surface area contributed by atoms with Gasteiger partial charge in [0.05, 0.1) is 0 Å². The second kappa shape index (κ2) is 6.55. The molecule has 0 aliphatic heterocycles. The third-order valence-electron chi connectivity index (χ3n) is 3.14. The van der Waals surface area contributed by atoms with Gasteiger partial charge in [0, 0.05) is 33.8 Å². The van der Waals surface area contributed by atoms with Crippen LogP contribution in [0.15, 0.2) is 51.4 Å². The van der Waals surface area contributed by atoms with Gasteiger partial charge in [0.25, 0.3) is 0 Å². The summed E-state index contributed by atoms with van der Waals surface area (Å²) in [6.45, 7) is 2.37. The first kappa shape index (κ1) is 15.3. The Morgan fingerprint density at radius 1 is 1.10 bits per heavy atom. The number of hydrogen-bond donors (Lipinski definition) is 0. The van der Waals surface area contributed by atoms with Crippen molar-refractivity contribution >= 4 is 43.3 Å². The lowest BCUT2D eigenvalue weighted by atomic mass is 10.1. The van der Waals surface area contributed by atoms with Crippen LogP contribution in [0.5, 0.6) is 0 Å². The fourth-order valence-corrected chi connectivity index (χ4v) is 3.06. The van der Waals surface area contributed by atoms with Gasteiger partial charge in [0.2, 0.25) is 0 Å². The summed E-state index contributed by atoms with van der Waals surface area (Å²) in [6.07, 6.45) is 0. The van der Waals surface area contributed by atoms with E-state index in [1.54, 1.807) is 6.92 Å². The summed E-state index contributed by atoms with van der Waals surface area (Å²) < 4.78 is 1.94. The van der Waals surface area contributed by atoms with E-state index in [1.165, 1.54) is 5.56 Å². The van der Waals surface area contributed by atoms with Gasteiger partial charge in [-0.2, -0.15) is 0 Å². The van der Waals surface area contributed by atoms with Crippen molar-refractivity contribution in [2.24, 2.45) is 0 Å². The lowest BCUT2D eigenvalue weighted by molar-refractivity contribution is 0.101. The molecule has 0 fully saturated rings. The number of rotatable bonds is 4. The van der Waals surface area contributed by atoms with E-state index in [1.807, 2.05) is 43.4 Å². The molecule has 0 saturated heterocycles. The fourth-order valence-electron chi connectivity index (χ4n) is 2.00. The molecule has 0 saturated carbocycles. The van der Waals surface area contributed by atoms with Gasteiger partial charge >= 0.3 is 0 Å². The van der Waals surface area contributed by atoms with E-state index in [2.05, 4.69) is 42.8 Å². The number of nitrogens with zero attached hydrogens (tertiary/aromatic N) is 1. The highest BCUT2D eigenvalue weighted by Crippen LogP contribution is 2.26. The monoisotopic (exact) mass is 395 g/mol. The SMILES string of the molecule is CC(=O)c1ccc(N(C)Cc2ccccc2Br)cc1Br. The Morgan fingerprint density at radius 2 is 1.80 bits per heavy atom. The van der Waals surface area contributed by atoms with Crippen LogP contribution in [0.1, 0.15) is 22.8 Å². The van der Waals surface area contributed by atoms with Crippen LogP contribution in [0.3, 0.4) is 0 Å². The van der Waals surface area contributed by atoms with E-state index < -0.39 is 0 Å². The van der Waals surface area contributed by atoms with Gasteiger partial charge in [-0.05, 0) is 52.7 Å². The maximum absolute atomic E-state index is 11.4. The Labute approximate surface area is 136 Å². The standard InChI is InChI=1S/C16H15Br2NO/c1-11(20)14-8-7-13(9-16(14)18)19(2)10-12-5-3-4-6-15(12)17/h3-9H,10H2,1-2H3. The number of halogens is 2. The molecule has 0 aliphatic rings. The topological polar surface area (TPSA) is 20.3 Å². The Balaban J connectivity index is 2.22. The number of ketones is 1. The maximum atomic E-state index is 11.4. The molecule has 4 heteroatoms. The van der Waals surface area contributed by atoms with E-state index in [0.717, 1.165) is 21.2 Å². The number of hydrogen-bond acceptors (Lipinski definition) is 2. The molecule has 0 aromatic heterocycles. The van der Waals surface area contributed by atoms with Crippen molar-refractivity contribution in [3.05, 3.63) is 62.5 Å². The van der Waals surface area contributed by atoms with Crippen molar-refractivity contribution in [3.8, 4) is 0 Å². The van der Waals surface area contributed by atoms with Crippen molar-refractivity contribution in [1.29, 1.82) is 0 Å². The van der Waals surface area contributed by atoms with Crippen LogP contribution in [0.4, 0.5) is 5.69 Å². The average molecular weight is 397 g/mol. The fraction of sp³-hybridized carbons (Fsp3) is 0.188. The highest BCUT2D eigenvalue weighted by Gasteiger charge is 2.09. The minimum absolute atomic E-state index is 0.0666. The summed E-state index contributed by atoms with van der Waals surface area (Å²) in [5, 5.41) is 0. The van der Waals surface area contributed by atoms with Gasteiger partial charge in [0.15, 0.2) is 5.78 Å². The molecule has 0 heterocycles. The molecule has 0 spiro atoms. The molecule has 0 atom stereocenters. The summed E-state index contributed by atoms with van der Waals surface area (Å²) in [7, 11) is 2.04. The maximum Gasteiger partial charge on any atom is 0.160 e. The molecular formula is C16H15Br2NO. The van der Waals surface area contributed by atoms with Gasteiger partial charge in [-0.3, -0.25) is 4.79 Å². The number of anilines is 1. The molecule has 2 aromatic carbocycles. The summed E-state index contributed by atoms with van der Waals surface area (Å²) in [5.41, 5.74) is 3.00. The Kier molecular flexibility index (Phi) is 5.00. The summed E-state index contributed by atoms with van der Waals surface area (Å²) in [5.74, 6) is 0.0666. The zero-order chi connectivity index (χ0) is 14.7. The molecule has 0 amide bonds. The third kappa shape index (κ3) is 3.49. The van der Waals surface area contributed by atoms with Crippen LogP contribution >= 0.6 is 31.9 Å². The molecule has 0 unspecified atom stereocenters. The van der Waals surface area contributed by atoms with Crippen molar-refractivity contribution in [2.75, 3.05) is 11.9 Å². The van der Waals surface area contributed by atoms with E-state index in [4.69, 9.17) is 0 Å². The van der Waals surface area contributed by atoms with E-state index in [-0.39, 0.29) is 5.78 Å². The predicted molar refractivity (Wildman–Crippen MR) is 90.4 cm³/mol. The Hall–Kier alpha value is -1.13. The highest BCUT2D eigenvalue weighted by atomic mass is 79.9. The zero-order valence-electron chi connectivity index (χ0n) is 11.4. The lowest BCUT2D eigenvalue weighted by Gasteiger charge is -2.21. The average Bonchev–Trinajstić information content (AvgIpc) is 2.40. The zero-order valence-corrected chi connectivity index (χ0v) is 14.5. The van der Waals surface area contributed by atoms with Crippen molar-refractivity contribution in [1.82, 2.24) is 0 Å². The highest BCUT2D eigenvalue weighted by molar-refractivity contribution is 9.10. The Morgan fingerprint density at radius 3 is 2.40 bits per heavy atom. The van der Waals surface area contributed by atoms with Crippen molar-refractivity contribution < 1.29 is 4.79 Å². The van der Waals surface area contributed by atoms with Crippen LogP contribution in [-0.4, -0.2) is 12.8 Å². The van der Waals surface area contributed by atoms with Crippen LogP contribution in [0.2, 0.25) is 0 Å². The molecule has 104 valence electrons. The van der Waals surface area contributed by atoms with E-state index in [0.29, 0.717) is 5.56 Å². The minimum atomic E-state index is 0.0666. The van der Waals surface area contributed by atoms with Gasteiger partial charge in [-0.25, -0.2) is 0 Å². The quantitative estimate of drug-likeness (QED) is 0.674. The summed E-state index contributed by atoms with van der Waals surface area (Å²) in [4.78, 5) is 13.6. The second-order valence-corrected chi connectivity index (χ2v) is 6.38. The first-order chi connectivity index (χ1) is 9.49. The number of carbonyl (C=O) groups excluding carboxylic acids is 1. The molecule has 0 bridgehead atoms. The molecule has 2 rings (SSSR count). The van der Waals surface area contributed by atoms with E-state index in [9.17, 15) is 4.79 Å². The van der Waals surface area contributed by atoms with Crippen molar-refractivity contribution in [2.45, 2.75) is 13.5 Å². The lowest BCUT2D eigenvalue weighted by Crippen LogP contribution is -2.16. The number of Topliss-reactive ketones (excluding diaryl/α,β-unsaturated/α-hetero) is 1. The summed E-state index contributed by atoms with van der Waals surface area (Å²) in [6, 6.07) is 14.0. The third-order valence-corrected chi connectivity index (χ3v) is 4.57. The van der Waals surface area contributed by atoms with Gasteiger partial charge < -0.3 is 4.90 Å². The Bertz CT molecular complexity index is 640. The predicted octanol–water partition coefficient (Wildman–Crippen LogP) is 5.05. The van der Waals surface area contributed by atoms with Gasteiger partial charge in [-0.15, -0.1) is 0 Å². The molecule has 0 N–H and O–H groups in total. The van der Waals surface area contributed by atoms with Crippen LogP contribution in [0, 0.1) is 0 Å². The van der Waals surface area contributed by atoms with Crippen LogP contribution in [0.25, 0.3) is 0 Å². The number of benzene rings is 2. The van der Waals surface area contributed by atoms with Crippen molar-refractivity contribution in [3.63, 3.8) is 0 Å². The van der Waals surface area contributed by atoms with Gasteiger partial charge in [0.1, 0.15) is 0 Å². The second-order valence-electron chi connectivity index (χ2n) is 4.67. The molecule has 0 aliphatic carbocycles. The van der Waals surface area contributed by atoms with Crippen LogP contribution in [-0.2, 0) is 6.54 Å². The van der Waals surface area contributed by atoms with E-state index >= 15 is 0 Å². The first-order valence-electron chi connectivity index (χ1n) is 6.24. The van der Waals surface area contributed by atoms with Crippen LogP contribution < -0.4 is 4.90 Å². The van der Waals surface area contributed by atoms with Gasteiger partial charge in [-0.1, -0.05) is 34.1 Å². The largest absolute Gasteiger partial charge is 0.370 e. The first-order valence-corrected chi connectivity index (χ1v) is 7.82. The molecule has 2 nitrogen and oxygen atoms in total. The molecular weight excluding hydrogens is 382 g/mol. The summed E-state index contributed by atoms with van der Waals surface area (Å²) >= 11 is 7.02. The molecule has 2 aromatic rings.